The lowest BCUT2D eigenvalue weighted by Gasteiger charge is -2.22. The van der Waals surface area contributed by atoms with Crippen molar-refractivity contribution in [1.82, 2.24) is 15.0 Å². The number of benzene rings is 6. The number of hydrogen-bond acceptors (Lipinski definition) is 3. The first-order valence-electron chi connectivity index (χ1n) is 16.1. The van der Waals surface area contributed by atoms with Crippen LogP contribution >= 0.6 is 0 Å². The predicted octanol–water partition coefficient (Wildman–Crippen LogP) is 11.2. The van der Waals surface area contributed by atoms with Crippen molar-refractivity contribution in [2.75, 3.05) is 0 Å². The highest BCUT2D eigenvalue weighted by Gasteiger charge is 2.35. The smallest absolute Gasteiger partial charge is 0.160 e. The van der Waals surface area contributed by atoms with Crippen molar-refractivity contribution in [2.24, 2.45) is 0 Å². The van der Waals surface area contributed by atoms with Crippen LogP contribution in [0.1, 0.15) is 25.0 Å². The van der Waals surface area contributed by atoms with E-state index in [-0.39, 0.29) is 5.41 Å². The number of hydrogen-bond donors (Lipinski definition) is 0. The number of pyridine rings is 1. The molecule has 0 spiro atoms. The maximum atomic E-state index is 5.13. The van der Waals surface area contributed by atoms with E-state index in [0.29, 0.717) is 5.82 Å². The minimum atomic E-state index is -0.0609. The Labute approximate surface area is 274 Å². The monoisotopic (exact) mass is 601 g/mol. The van der Waals surface area contributed by atoms with Gasteiger partial charge in [-0.15, -0.1) is 0 Å². The summed E-state index contributed by atoms with van der Waals surface area (Å²) in [6, 6.07) is 49.9. The van der Waals surface area contributed by atoms with E-state index in [2.05, 4.69) is 128 Å². The number of fused-ring (bicyclic) bond motifs is 5. The maximum Gasteiger partial charge on any atom is 0.160 e. The number of rotatable bonds is 4. The Balaban J connectivity index is 1.22. The molecule has 0 amide bonds. The Kier molecular flexibility index (Phi) is 6.16. The van der Waals surface area contributed by atoms with E-state index < -0.39 is 0 Å². The van der Waals surface area contributed by atoms with Crippen molar-refractivity contribution in [2.45, 2.75) is 19.3 Å². The normalized spacial score (nSPS) is 13.1. The molecule has 3 heteroatoms. The van der Waals surface area contributed by atoms with E-state index in [0.717, 1.165) is 33.5 Å². The highest BCUT2D eigenvalue weighted by Crippen LogP contribution is 2.51. The van der Waals surface area contributed by atoms with Gasteiger partial charge in [0.15, 0.2) is 5.82 Å². The van der Waals surface area contributed by atoms with Crippen molar-refractivity contribution in [3.8, 4) is 56.2 Å². The van der Waals surface area contributed by atoms with Gasteiger partial charge in [-0.05, 0) is 91.3 Å². The third-order valence-corrected chi connectivity index (χ3v) is 9.77. The molecule has 6 aromatic carbocycles. The number of aromatic nitrogens is 3. The summed E-state index contributed by atoms with van der Waals surface area (Å²) in [5.41, 5.74) is 12.6. The van der Waals surface area contributed by atoms with Crippen LogP contribution in [0.3, 0.4) is 0 Å². The van der Waals surface area contributed by atoms with Gasteiger partial charge in [0.2, 0.25) is 0 Å². The Morgan fingerprint density at radius 1 is 0.447 bits per heavy atom. The van der Waals surface area contributed by atoms with Crippen LogP contribution < -0.4 is 0 Å². The highest BCUT2D eigenvalue weighted by atomic mass is 14.9. The molecule has 222 valence electrons. The predicted molar refractivity (Wildman–Crippen MR) is 194 cm³/mol. The first-order valence-corrected chi connectivity index (χ1v) is 16.1. The quantitative estimate of drug-likeness (QED) is 0.201. The van der Waals surface area contributed by atoms with Gasteiger partial charge < -0.3 is 0 Å². The zero-order valence-electron chi connectivity index (χ0n) is 26.3. The fourth-order valence-corrected chi connectivity index (χ4v) is 7.34. The summed E-state index contributed by atoms with van der Waals surface area (Å²) in [4.78, 5) is 14.5. The number of nitrogens with zero attached hydrogens (tertiary/aromatic N) is 3. The van der Waals surface area contributed by atoms with Gasteiger partial charge in [0.05, 0.1) is 11.4 Å². The van der Waals surface area contributed by atoms with E-state index >= 15 is 0 Å². The zero-order valence-corrected chi connectivity index (χ0v) is 26.3. The van der Waals surface area contributed by atoms with Crippen LogP contribution in [-0.4, -0.2) is 15.0 Å². The Bertz CT molecular complexity index is 2420. The summed E-state index contributed by atoms with van der Waals surface area (Å²) >= 11 is 0. The molecular formula is C44H31N3. The summed E-state index contributed by atoms with van der Waals surface area (Å²) in [6.07, 6.45) is 3.65. The lowest BCUT2D eigenvalue weighted by atomic mass is 9.81. The molecule has 0 aliphatic heterocycles. The Morgan fingerprint density at radius 3 is 1.89 bits per heavy atom. The third kappa shape index (κ3) is 4.46. The molecular weight excluding hydrogens is 571 g/mol. The lowest BCUT2D eigenvalue weighted by Crippen LogP contribution is -2.14. The Hall–Kier alpha value is -5.93. The molecule has 0 saturated heterocycles. The van der Waals surface area contributed by atoms with Gasteiger partial charge in [0, 0.05) is 34.5 Å². The maximum absolute atomic E-state index is 5.13. The van der Waals surface area contributed by atoms with Crippen LogP contribution in [0.4, 0.5) is 0 Å². The molecule has 8 aromatic rings. The van der Waals surface area contributed by atoms with Gasteiger partial charge in [-0.1, -0.05) is 117 Å². The summed E-state index contributed by atoms with van der Waals surface area (Å²) in [5.74, 6) is 0.697. The van der Waals surface area contributed by atoms with Gasteiger partial charge in [-0.2, -0.15) is 0 Å². The first kappa shape index (κ1) is 27.4. The average molecular weight is 602 g/mol. The van der Waals surface area contributed by atoms with Crippen molar-refractivity contribution >= 4 is 21.5 Å². The van der Waals surface area contributed by atoms with Gasteiger partial charge in [0.25, 0.3) is 0 Å². The summed E-state index contributed by atoms with van der Waals surface area (Å²) in [7, 11) is 0. The van der Waals surface area contributed by atoms with E-state index in [1.54, 1.807) is 6.20 Å². The molecule has 0 unspecified atom stereocenters. The molecule has 0 radical (unpaired) electrons. The van der Waals surface area contributed by atoms with Crippen molar-refractivity contribution in [3.05, 3.63) is 163 Å². The topological polar surface area (TPSA) is 38.7 Å². The standard InChI is InChI=1S/C44H31N3/c1-44(2)39-21-18-31(24-37(39)38-23-29-13-6-7-14-30(29)25-40(38)44)33-19-20-36(35-17-9-8-16-34(33)35)42-26-41(32-15-10-22-45-27-32)46-43(47-42)28-11-4-3-5-12-28/h3-27H,1-2H3. The Morgan fingerprint density at radius 2 is 1.11 bits per heavy atom. The summed E-state index contributed by atoms with van der Waals surface area (Å²) in [6.45, 7) is 4.70. The third-order valence-electron chi connectivity index (χ3n) is 9.77. The minimum Gasteiger partial charge on any atom is -0.264 e. The molecule has 3 nitrogen and oxygen atoms in total. The fraction of sp³-hybridized carbons (Fsp3) is 0.0682. The SMILES string of the molecule is CC1(C)c2ccc(-c3ccc(-c4cc(-c5cccnc5)nc(-c5ccccc5)n4)c4ccccc34)cc2-c2cc3ccccc3cc21. The van der Waals surface area contributed by atoms with Crippen molar-refractivity contribution in [3.63, 3.8) is 0 Å². The van der Waals surface area contributed by atoms with Crippen LogP contribution in [0, 0.1) is 0 Å². The van der Waals surface area contributed by atoms with E-state index in [1.807, 2.05) is 36.5 Å². The van der Waals surface area contributed by atoms with Crippen LogP contribution in [-0.2, 0) is 5.41 Å². The van der Waals surface area contributed by atoms with E-state index in [1.165, 1.54) is 49.5 Å². The van der Waals surface area contributed by atoms with Crippen LogP contribution in [0.5, 0.6) is 0 Å². The molecule has 1 aliphatic rings. The summed E-state index contributed by atoms with van der Waals surface area (Å²) in [5, 5.41) is 4.93. The molecule has 9 rings (SSSR count). The van der Waals surface area contributed by atoms with Crippen LogP contribution in [0.25, 0.3) is 77.7 Å². The van der Waals surface area contributed by atoms with Crippen LogP contribution in [0.15, 0.2) is 152 Å². The van der Waals surface area contributed by atoms with E-state index in [4.69, 9.17) is 9.97 Å². The lowest BCUT2D eigenvalue weighted by molar-refractivity contribution is 0.661. The van der Waals surface area contributed by atoms with Crippen molar-refractivity contribution in [1.29, 1.82) is 0 Å². The van der Waals surface area contributed by atoms with Crippen molar-refractivity contribution < 1.29 is 0 Å². The van der Waals surface area contributed by atoms with E-state index in [9.17, 15) is 0 Å². The molecule has 47 heavy (non-hydrogen) atoms. The molecule has 0 atom stereocenters. The molecule has 0 N–H and O–H groups in total. The highest BCUT2D eigenvalue weighted by molar-refractivity contribution is 6.05. The molecule has 2 aromatic heterocycles. The van der Waals surface area contributed by atoms with Gasteiger partial charge >= 0.3 is 0 Å². The molecule has 2 heterocycles. The second-order valence-corrected chi connectivity index (χ2v) is 12.9. The zero-order chi connectivity index (χ0) is 31.5. The second-order valence-electron chi connectivity index (χ2n) is 12.9. The molecule has 1 aliphatic carbocycles. The summed E-state index contributed by atoms with van der Waals surface area (Å²) < 4.78 is 0. The average Bonchev–Trinajstić information content (AvgIpc) is 3.35. The minimum absolute atomic E-state index is 0.0609. The largest absolute Gasteiger partial charge is 0.264 e. The van der Waals surface area contributed by atoms with Gasteiger partial charge in [-0.3, -0.25) is 4.98 Å². The first-order chi connectivity index (χ1) is 23.0. The van der Waals surface area contributed by atoms with Gasteiger partial charge in [0.1, 0.15) is 0 Å². The van der Waals surface area contributed by atoms with Gasteiger partial charge in [-0.25, -0.2) is 9.97 Å². The fourth-order valence-electron chi connectivity index (χ4n) is 7.34. The van der Waals surface area contributed by atoms with Crippen LogP contribution in [0.2, 0.25) is 0 Å². The second kappa shape index (κ2) is 10.6. The molecule has 0 bridgehead atoms. The molecule has 0 fully saturated rings. The molecule has 0 saturated carbocycles.